The number of rotatable bonds is 7. The van der Waals surface area contributed by atoms with Crippen LogP contribution < -0.4 is 11.1 Å². The van der Waals surface area contributed by atoms with Gasteiger partial charge >= 0.3 is 0 Å². The average molecular weight is 264 g/mol. The van der Waals surface area contributed by atoms with Gasteiger partial charge in [-0.15, -0.1) is 0 Å². The first-order valence-corrected chi connectivity index (χ1v) is 6.74. The van der Waals surface area contributed by atoms with Crippen molar-refractivity contribution in [2.24, 2.45) is 11.7 Å². The first-order valence-electron chi connectivity index (χ1n) is 6.74. The van der Waals surface area contributed by atoms with Gasteiger partial charge in [0.15, 0.2) is 0 Å². The standard InChI is InChI=1S/C15H24N2O2/c1-4-19-10-13-8-6-5-7-12(13)9-17-15(18)14(16)11(2)3/h5-8,11,14H,4,9-10,16H2,1-3H3,(H,17,18). The molecule has 4 heteroatoms. The molecule has 1 aromatic carbocycles. The molecule has 0 saturated heterocycles. The van der Waals surface area contributed by atoms with E-state index in [1.807, 2.05) is 45.0 Å². The van der Waals surface area contributed by atoms with E-state index in [0.717, 1.165) is 11.1 Å². The molecule has 1 aromatic rings. The number of carbonyl (C=O) groups excluding carboxylic acids is 1. The van der Waals surface area contributed by atoms with Crippen LogP contribution in [0.2, 0.25) is 0 Å². The van der Waals surface area contributed by atoms with Crippen molar-refractivity contribution in [2.45, 2.75) is 40.0 Å². The molecule has 0 radical (unpaired) electrons. The van der Waals surface area contributed by atoms with Crippen molar-refractivity contribution < 1.29 is 9.53 Å². The number of nitrogens with one attached hydrogen (secondary N) is 1. The lowest BCUT2D eigenvalue weighted by molar-refractivity contribution is -0.123. The van der Waals surface area contributed by atoms with Crippen LogP contribution in [-0.2, 0) is 22.7 Å². The number of benzene rings is 1. The fraction of sp³-hybridized carbons (Fsp3) is 0.533. The van der Waals surface area contributed by atoms with Gasteiger partial charge in [-0.25, -0.2) is 0 Å². The van der Waals surface area contributed by atoms with Crippen LogP contribution in [0.15, 0.2) is 24.3 Å². The second-order valence-corrected chi connectivity index (χ2v) is 4.89. The Kier molecular flexibility index (Phi) is 6.53. The molecule has 1 atom stereocenters. The Balaban J connectivity index is 2.59. The number of hydrogen-bond acceptors (Lipinski definition) is 3. The fourth-order valence-electron chi connectivity index (χ4n) is 1.69. The summed E-state index contributed by atoms with van der Waals surface area (Å²) in [6, 6.07) is 7.48. The van der Waals surface area contributed by atoms with Crippen LogP contribution in [0.4, 0.5) is 0 Å². The summed E-state index contributed by atoms with van der Waals surface area (Å²) in [5, 5.41) is 2.88. The van der Waals surface area contributed by atoms with E-state index in [4.69, 9.17) is 10.5 Å². The molecule has 0 aliphatic heterocycles. The Morgan fingerprint density at radius 3 is 2.53 bits per heavy atom. The lowest BCUT2D eigenvalue weighted by Crippen LogP contribution is -2.43. The van der Waals surface area contributed by atoms with E-state index < -0.39 is 6.04 Å². The molecule has 4 nitrogen and oxygen atoms in total. The maximum absolute atomic E-state index is 11.8. The monoisotopic (exact) mass is 264 g/mol. The topological polar surface area (TPSA) is 64.3 Å². The number of carbonyl (C=O) groups is 1. The zero-order chi connectivity index (χ0) is 14.3. The molecule has 1 rings (SSSR count). The van der Waals surface area contributed by atoms with E-state index in [9.17, 15) is 4.79 Å². The van der Waals surface area contributed by atoms with Gasteiger partial charge in [-0.3, -0.25) is 4.79 Å². The van der Waals surface area contributed by atoms with Gasteiger partial charge in [0, 0.05) is 13.2 Å². The minimum atomic E-state index is -0.459. The molecule has 3 N–H and O–H groups in total. The highest BCUT2D eigenvalue weighted by atomic mass is 16.5. The van der Waals surface area contributed by atoms with Crippen molar-refractivity contribution in [3.8, 4) is 0 Å². The number of hydrogen-bond donors (Lipinski definition) is 2. The summed E-state index contributed by atoms with van der Waals surface area (Å²) in [7, 11) is 0. The zero-order valence-electron chi connectivity index (χ0n) is 12.0. The molecular weight excluding hydrogens is 240 g/mol. The third-order valence-electron chi connectivity index (χ3n) is 3.05. The predicted molar refractivity (Wildman–Crippen MR) is 76.4 cm³/mol. The van der Waals surface area contributed by atoms with Crippen LogP contribution in [0.25, 0.3) is 0 Å². The van der Waals surface area contributed by atoms with Crippen LogP contribution in [-0.4, -0.2) is 18.6 Å². The summed E-state index contributed by atoms with van der Waals surface area (Å²) in [5.41, 5.74) is 7.98. The molecule has 0 heterocycles. The summed E-state index contributed by atoms with van der Waals surface area (Å²) < 4.78 is 5.42. The zero-order valence-corrected chi connectivity index (χ0v) is 12.0. The SMILES string of the molecule is CCOCc1ccccc1CNC(=O)C(N)C(C)C. The molecule has 0 aliphatic rings. The smallest absolute Gasteiger partial charge is 0.237 e. The lowest BCUT2D eigenvalue weighted by atomic mass is 10.0. The third-order valence-corrected chi connectivity index (χ3v) is 3.05. The molecule has 0 aromatic heterocycles. The van der Waals surface area contributed by atoms with Gasteiger partial charge in [-0.1, -0.05) is 38.1 Å². The minimum absolute atomic E-state index is 0.110. The van der Waals surface area contributed by atoms with Gasteiger partial charge in [0.1, 0.15) is 0 Å². The highest BCUT2D eigenvalue weighted by Gasteiger charge is 2.16. The van der Waals surface area contributed by atoms with Crippen molar-refractivity contribution in [3.05, 3.63) is 35.4 Å². The van der Waals surface area contributed by atoms with Crippen molar-refractivity contribution in [1.82, 2.24) is 5.32 Å². The second kappa shape index (κ2) is 7.92. The third kappa shape index (κ3) is 5.01. The molecule has 0 fully saturated rings. The van der Waals surface area contributed by atoms with E-state index in [-0.39, 0.29) is 11.8 Å². The highest BCUT2D eigenvalue weighted by molar-refractivity contribution is 5.81. The lowest BCUT2D eigenvalue weighted by Gasteiger charge is -2.16. The van der Waals surface area contributed by atoms with Gasteiger partial charge in [0.25, 0.3) is 0 Å². The molecule has 0 aliphatic carbocycles. The van der Waals surface area contributed by atoms with Crippen molar-refractivity contribution in [1.29, 1.82) is 0 Å². The van der Waals surface area contributed by atoms with Gasteiger partial charge in [-0.05, 0) is 24.0 Å². The number of amides is 1. The number of nitrogens with two attached hydrogens (primary N) is 1. The largest absolute Gasteiger partial charge is 0.377 e. The van der Waals surface area contributed by atoms with Crippen molar-refractivity contribution in [2.75, 3.05) is 6.61 Å². The predicted octanol–water partition coefficient (Wildman–Crippen LogP) is 1.82. The quantitative estimate of drug-likeness (QED) is 0.789. The first-order chi connectivity index (χ1) is 9.06. The molecule has 19 heavy (non-hydrogen) atoms. The summed E-state index contributed by atoms with van der Waals surface area (Å²) in [5.74, 6) is 0.0277. The minimum Gasteiger partial charge on any atom is -0.377 e. The van der Waals surface area contributed by atoms with Crippen molar-refractivity contribution >= 4 is 5.91 Å². The molecule has 1 amide bonds. The van der Waals surface area contributed by atoms with Gasteiger partial charge in [0.05, 0.1) is 12.6 Å². The summed E-state index contributed by atoms with van der Waals surface area (Å²) in [6.07, 6.45) is 0. The summed E-state index contributed by atoms with van der Waals surface area (Å²) in [4.78, 5) is 11.8. The van der Waals surface area contributed by atoms with Crippen molar-refractivity contribution in [3.63, 3.8) is 0 Å². The molecule has 0 spiro atoms. The van der Waals surface area contributed by atoms with E-state index in [1.54, 1.807) is 0 Å². The van der Waals surface area contributed by atoms with E-state index in [1.165, 1.54) is 0 Å². The van der Waals surface area contributed by atoms with Crippen LogP contribution >= 0.6 is 0 Å². The number of ether oxygens (including phenoxy) is 1. The average Bonchev–Trinajstić information content (AvgIpc) is 2.42. The normalized spacial score (nSPS) is 12.5. The molecule has 0 saturated carbocycles. The van der Waals surface area contributed by atoms with Crippen LogP contribution in [0, 0.1) is 5.92 Å². The van der Waals surface area contributed by atoms with Crippen LogP contribution in [0.5, 0.6) is 0 Å². The molecule has 106 valence electrons. The van der Waals surface area contributed by atoms with Gasteiger partial charge < -0.3 is 15.8 Å². The Morgan fingerprint density at radius 1 is 1.32 bits per heavy atom. The Labute approximate surface area is 115 Å². The van der Waals surface area contributed by atoms with E-state index in [0.29, 0.717) is 19.8 Å². The molecule has 0 bridgehead atoms. The molecule has 1 unspecified atom stereocenters. The summed E-state index contributed by atoms with van der Waals surface area (Å²) in [6.45, 7) is 7.58. The Morgan fingerprint density at radius 2 is 1.95 bits per heavy atom. The highest BCUT2D eigenvalue weighted by Crippen LogP contribution is 2.10. The van der Waals surface area contributed by atoms with Gasteiger partial charge in [-0.2, -0.15) is 0 Å². The van der Waals surface area contributed by atoms with E-state index >= 15 is 0 Å². The van der Waals surface area contributed by atoms with Gasteiger partial charge in [0.2, 0.25) is 5.91 Å². The van der Waals surface area contributed by atoms with Crippen LogP contribution in [0.1, 0.15) is 31.9 Å². The fourth-order valence-corrected chi connectivity index (χ4v) is 1.69. The maximum atomic E-state index is 11.8. The first kappa shape index (κ1) is 15.7. The van der Waals surface area contributed by atoms with E-state index in [2.05, 4.69) is 5.32 Å². The maximum Gasteiger partial charge on any atom is 0.237 e. The Hall–Kier alpha value is -1.39. The molecular formula is C15H24N2O2. The summed E-state index contributed by atoms with van der Waals surface area (Å²) >= 11 is 0. The second-order valence-electron chi connectivity index (χ2n) is 4.89. The van der Waals surface area contributed by atoms with Crippen LogP contribution in [0.3, 0.4) is 0 Å². The Bertz CT molecular complexity index is 405.